The summed E-state index contributed by atoms with van der Waals surface area (Å²) in [6.45, 7) is 3.94. The molecule has 1 heterocycles. The fourth-order valence-electron chi connectivity index (χ4n) is 2.96. The highest BCUT2D eigenvalue weighted by atomic mass is 16.4. The number of nitrogens with zero attached hydrogens (tertiary/aromatic N) is 2. The summed E-state index contributed by atoms with van der Waals surface area (Å²) in [7, 11) is 0. The molecule has 1 aliphatic rings. The summed E-state index contributed by atoms with van der Waals surface area (Å²) in [4.78, 5) is 23.3. The van der Waals surface area contributed by atoms with Gasteiger partial charge in [-0.15, -0.1) is 0 Å². The molecule has 1 aromatic heterocycles. The molecule has 1 aliphatic carbocycles. The normalized spacial score (nSPS) is 16.0. The van der Waals surface area contributed by atoms with Crippen LogP contribution in [0.2, 0.25) is 0 Å². The molecule has 0 unspecified atom stereocenters. The van der Waals surface area contributed by atoms with Gasteiger partial charge in [0, 0.05) is 23.9 Å². The van der Waals surface area contributed by atoms with Crippen molar-refractivity contribution in [1.82, 2.24) is 9.13 Å². The van der Waals surface area contributed by atoms with Gasteiger partial charge in [-0.1, -0.05) is 12.1 Å². The summed E-state index contributed by atoms with van der Waals surface area (Å²) in [6.07, 6.45) is 5.57. The minimum atomic E-state index is -0.758. The second kappa shape index (κ2) is 5.16. The maximum Gasteiger partial charge on any atom is 0.332 e. The van der Waals surface area contributed by atoms with Gasteiger partial charge in [-0.25, -0.2) is 4.79 Å². The van der Waals surface area contributed by atoms with Crippen LogP contribution >= 0.6 is 0 Å². The molecule has 0 saturated heterocycles. The Labute approximate surface area is 128 Å². The van der Waals surface area contributed by atoms with Gasteiger partial charge in [-0.05, 0) is 44.4 Å². The lowest BCUT2D eigenvalue weighted by Gasteiger charge is -2.13. The zero-order valence-corrected chi connectivity index (χ0v) is 12.8. The van der Waals surface area contributed by atoms with Crippen molar-refractivity contribution < 1.29 is 9.90 Å². The molecule has 0 atom stereocenters. The summed E-state index contributed by atoms with van der Waals surface area (Å²) >= 11 is 0. The van der Waals surface area contributed by atoms with Crippen molar-refractivity contribution in [2.45, 2.75) is 44.6 Å². The first-order valence-corrected chi connectivity index (χ1v) is 7.55. The largest absolute Gasteiger partial charge is 0.481 e. The molecule has 1 aromatic carbocycles. The minimum Gasteiger partial charge on any atom is -0.481 e. The van der Waals surface area contributed by atoms with Crippen LogP contribution < -0.4 is 5.69 Å². The number of aromatic nitrogens is 2. The molecule has 0 bridgehead atoms. The maximum atomic E-state index is 12.3. The van der Waals surface area contributed by atoms with Gasteiger partial charge in [0.05, 0.1) is 12.1 Å². The molecule has 22 heavy (non-hydrogen) atoms. The molecule has 3 rings (SSSR count). The monoisotopic (exact) mass is 300 g/mol. The Morgan fingerprint density at radius 2 is 1.86 bits per heavy atom. The van der Waals surface area contributed by atoms with E-state index in [0.717, 1.165) is 24.1 Å². The van der Waals surface area contributed by atoms with Gasteiger partial charge in [-0.3, -0.25) is 13.9 Å². The Morgan fingerprint density at radius 1 is 1.23 bits per heavy atom. The van der Waals surface area contributed by atoms with Crippen molar-refractivity contribution in [3.05, 3.63) is 52.7 Å². The molecule has 1 fully saturated rings. The van der Waals surface area contributed by atoms with Crippen LogP contribution in [0.3, 0.4) is 0 Å². The van der Waals surface area contributed by atoms with E-state index in [4.69, 9.17) is 5.11 Å². The van der Waals surface area contributed by atoms with Gasteiger partial charge in [0.1, 0.15) is 0 Å². The zero-order valence-electron chi connectivity index (χ0n) is 12.8. The third-order valence-electron chi connectivity index (χ3n) is 4.46. The number of imidazole rings is 1. The standard InChI is InChI=1S/C17H20N2O3/c1-12(2)18-9-10-19(16(18)22)14-5-3-13(4-6-14)17(7-8-17)11-15(20)21/h3-6,9-10,12H,7-8,11H2,1-2H3,(H,20,21). The van der Waals surface area contributed by atoms with Crippen molar-refractivity contribution in [1.29, 1.82) is 0 Å². The smallest absolute Gasteiger partial charge is 0.332 e. The number of aliphatic carboxylic acids is 1. The van der Waals surface area contributed by atoms with Crippen molar-refractivity contribution in [2.75, 3.05) is 0 Å². The van der Waals surface area contributed by atoms with Crippen LogP contribution in [0.4, 0.5) is 0 Å². The second-order valence-corrected chi connectivity index (χ2v) is 6.35. The molecule has 2 aromatic rings. The van der Waals surface area contributed by atoms with Gasteiger partial charge in [0.15, 0.2) is 0 Å². The number of carbonyl (C=O) groups is 1. The van der Waals surface area contributed by atoms with E-state index in [9.17, 15) is 9.59 Å². The quantitative estimate of drug-likeness (QED) is 0.923. The second-order valence-electron chi connectivity index (χ2n) is 6.35. The molecule has 0 aliphatic heterocycles. The van der Waals surface area contributed by atoms with E-state index < -0.39 is 5.97 Å². The average molecular weight is 300 g/mol. The number of benzene rings is 1. The molecule has 0 radical (unpaired) electrons. The third kappa shape index (κ3) is 2.47. The van der Waals surface area contributed by atoms with E-state index in [1.165, 1.54) is 0 Å². The fraction of sp³-hybridized carbons (Fsp3) is 0.412. The lowest BCUT2D eigenvalue weighted by atomic mass is 9.92. The number of hydrogen-bond acceptors (Lipinski definition) is 2. The summed E-state index contributed by atoms with van der Waals surface area (Å²) < 4.78 is 3.29. The topological polar surface area (TPSA) is 64.2 Å². The van der Waals surface area contributed by atoms with Crippen molar-refractivity contribution in [3.8, 4) is 5.69 Å². The number of hydrogen-bond donors (Lipinski definition) is 1. The molecule has 0 amide bonds. The zero-order chi connectivity index (χ0) is 15.9. The van der Waals surface area contributed by atoms with Crippen LogP contribution in [0.1, 0.15) is 44.7 Å². The van der Waals surface area contributed by atoms with Crippen molar-refractivity contribution in [3.63, 3.8) is 0 Å². The first-order valence-electron chi connectivity index (χ1n) is 7.55. The van der Waals surface area contributed by atoms with E-state index in [2.05, 4.69) is 0 Å². The summed E-state index contributed by atoms with van der Waals surface area (Å²) in [6, 6.07) is 7.81. The highest BCUT2D eigenvalue weighted by Crippen LogP contribution is 2.51. The Kier molecular flexibility index (Phi) is 3.43. The first-order chi connectivity index (χ1) is 10.4. The van der Waals surface area contributed by atoms with Gasteiger partial charge in [0.25, 0.3) is 0 Å². The maximum absolute atomic E-state index is 12.3. The lowest BCUT2D eigenvalue weighted by molar-refractivity contribution is -0.137. The van der Waals surface area contributed by atoms with Crippen LogP contribution in [-0.4, -0.2) is 20.2 Å². The molecule has 1 N–H and O–H groups in total. The summed E-state index contributed by atoms with van der Waals surface area (Å²) in [5, 5.41) is 9.03. The first kappa shape index (κ1) is 14.6. The van der Waals surface area contributed by atoms with E-state index in [1.54, 1.807) is 21.5 Å². The Morgan fingerprint density at radius 3 is 2.32 bits per heavy atom. The van der Waals surface area contributed by atoms with E-state index >= 15 is 0 Å². The molecule has 1 saturated carbocycles. The summed E-state index contributed by atoms with van der Waals surface area (Å²) in [5.41, 5.74) is 1.60. The summed E-state index contributed by atoms with van der Waals surface area (Å²) in [5.74, 6) is -0.758. The molecular weight excluding hydrogens is 280 g/mol. The van der Waals surface area contributed by atoms with Gasteiger partial charge in [0.2, 0.25) is 0 Å². The predicted octanol–water partition coefficient (Wildman–Crippen LogP) is 2.73. The van der Waals surface area contributed by atoms with Crippen LogP contribution in [0.5, 0.6) is 0 Å². The highest BCUT2D eigenvalue weighted by Gasteiger charge is 2.45. The van der Waals surface area contributed by atoms with Crippen molar-refractivity contribution in [2.24, 2.45) is 0 Å². The number of carboxylic acids is 1. The van der Waals surface area contributed by atoms with E-state index in [-0.39, 0.29) is 23.6 Å². The Balaban J connectivity index is 1.89. The van der Waals surface area contributed by atoms with E-state index in [0.29, 0.717) is 0 Å². The highest BCUT2D eigenvalue weighted by molar-refractivity contribution is 5.70. The van der Waals surface area contributed by atoms with Crippen molar-refractivity contribution >= 4 is 5.97 Å². The number of carboxylic acid groups (broad SMARTS) is 1. The fourth-order valence-corrected chi connectivity index (χ4v) is 2.96. The molecule has 5 nitrogen and oxygen atoms in total. The predicted molar refractivity (Wildman–Crippen MR) is 83.6 cm³/mol. The lowest BCUT2D eigenvalue weighted by Crippen LogP contribution is -2.24. The van der Waals surface area contributed by atoms with Gasteiger partial charge >= 0.3 is 11.7 Å². The van der Waals surface area contributed by atoms with Gasteiger partial charge < -0.3 is 5.11 Å². The van der Waals surface area contributed by atoms with E-state index in [1.807, 2.05) is 38.1 Å². The molecular formula is C17H20N2O3. The van der Waals surface area contributed by atoms with Crippen LogP contribution in [0.15, 0.2) is 41.5 Å². The molecule has 0 spiro atoms. The van der Waals surface area contributed by atoms with Crippen LogP contribution in [-0.2, 0) is 10.2 Å². The third-order valence-corrected chi connectivity index (χ3v) is 4.46. The van der Waals surface area contributed by atoms with Crippen LogP contribution in [0, 0.1) is 0 Å². The SMILES string of the molecule is CC(C)n1ccn(-c2ccc(C3(CC(=O)O)CC3)cc2)c1=O. The Bertz CT molecular complexity index is 749. The number of rotatable bonds is 5. The Hall–Kier alpha value is -2.30. The average Bonchev–Trinajstić information content (AvgIpc) is 3.12. The van der Waals surface area contributed by atoms with Gasteiger partial charge in [-0.2, -0.15) is 0 Å². The van der Waals surface area contributed by atoms with Crippen LogP contribution in [0.25, 0.3) is 5.69 Å². The molecule has 5 heteroatoms. The minimum absolute atomic E-state index is 0.0607. The molecule has 116 valence electrons.